The molecule has 0 saturated heterocycles. The van der Waals surface area contributed by atoms with Gasteiger partial charge < -0.3 is 14.6 Å². The molecule has 1 heterocycles. The zero-order valence-corrected chi connectivity index (χ0v) is 13.6. The Labute approximate surface area is 144 Å². The molecule has 0 fully saturated rings. The van der Waals surface area contributed by atoms with Crippen molar-refractivity contribution in [2.24, 2.45) is 0 Å². The maximum Gasteiger partial charge on any atom is 0.346 e. The van der Waals surface area contributed by atoms with Crippen LogP contribution in [-0.2, 0) is 20.7 Å². The summed E-state index contributed by atoms with van der Waals surface area (Å²) in [6, 6.07) is 2.63. The van der Waals surface area contributed by atoms with Crippen molar-refractivity contribution in [3.63, 3.8) is 0 Å². The van der Waals surface area contributed by atoms with E-state index in [0.29, 0.717) is 31.4 Å². The van der Waals surface area contributed by atoms with Crippen molar-refractivity contribution >= 4 is 23.9 Å². The molecule has 0 amide bonds. The van der Waals surface area contributed by atoms with Gasteiger partial charge in [0.15, 0.2) is 0 Å². The molecule has 1 aromatic rings. The highest BCUT2D eigenvalue weighted by atomic mass is 16.6. The average molecular weight is 346 g/mol. The first-order valence-electron chi connectivity index (χ1n) is 7.90. The second-order valence-electron chi connectivity index (χ2n) is 5.57. The Morgan fingerprint density at radius 2 is 1.72 bits per heavy atom. The summed E-state index contributed by atoms with van der Waals surface area (Å²) in [5, 5.41) is 9.30. The number of aromatic carboxylic acids is 1. The Balaban J connectivity index is 1.91. The lowest BCUT2D eigenvalue weighted by atomic mass is 9.95. The Morgan fingerprint density at radius 1 is 1.08 bits per heavy atom. The number of carbonyl (C=O) groups is 4. The monoisotopic (exact) mass is 346 g/mol. The van der Waals surface area contributed by atoms with E-state index in [1.165, 1.54) is 12.1 Å². The van der Waals surface area contributed by atoms with E-state index < -0.39 is 23.9 Å². The molecule has 0 unspecified atom stereocenters. The fourth-order valence-electron chi connectivity index (χ4n) is 2.59. The number of carboxylic acid groups (broad SMARTS) is 1. The maximum absolute atomic E-state index is 11.6. The van der Waals surface area contributed by atoms with Gasteiger partial charge in [-0.2, -0.15) is 0 Å². The predicted octanol–water partition coefficient (Wildman–Crippen LogP) is 2.53. The summed E-state index contributed by atoms with van der Waals surface area (Å²) in [6.07, 6.45) is 4.61. The lowest BCUT2D eigenvalue weighted by Crippen LogP contribution is -2.06. The highest BCUT2D eigenvalue weighted by molar-refractivity contribution is 6.15. The van der Waals surface area contributed by atoms with Gasteiger partial charge in [-0.1, -0.05) is 19.4 Å². The van der Waals surface area contributed by atoms with Crippen LogP contribution in [0.25, 0.3) is 0 Å². The first kappa shape index (κ1) is 18.4. The number of esters is 3. The average Bonchev–Trinajstić information content (AvgIpc) is 2.86. The molecule has 7 nitrogen and oxygen atoms in total. The molecule has 0 aromatic heterocycles. The summed E-state index contributed by atoms with van der Waals surface area (Å²) in [4.78, 5) is 45.4. The molecule has 1 N–H and O–H groups in total. The zero-order chi connectivity index (χ0) is 18.4. The van der Waals surface area contributed by atoms with Gasteiger partial charge in [0, 0.05) is 6.08 Å². The Bertz CT molecular complexity index is 733. The summed E-state index contributed by atoms with van der Waals surface area (Å²) in [7, 11) is 0. The Hall–Kier alpha value is -2.96. The molecular weight excluding hydrogens is 328 g/mol. The lowest BCUT2D eigenvalue weighted by molar-refractivity contribution is -0.137. The number of carbonyl (C=O) groups excluding carboxylic acids is 3. The molecule has 2 rings (SSSR count). The normalized spacial score (nSPS) is 12.5. The third-order valence-electron chi connectivity index (χ3n) is 3.85. The molecule has 0 spiro atoms. The molecule has 0 aliphatic carbocycles. The SMILES string of the molecule is C=CC(=O)OCCCCCCc1cc2c(cc1C(=O)O)C(=O)OC2=O. The second-order valence-corrected chi connectivity index (χ2v) is 5.57. The van der Waals surface area contributed by atoms with E-state index in [1.807, 2.05) is 0 Å². The first-order chi connectivity index (χ1) is 11.9. The van der Waals surface area contributed by atoms with Gasteiger partial charge >= 0.3 is 23.9 Å². The number of cyclic esters (lactones) is 2. The Morgan fingerprint density at radius 3 is 2.36 bits per heavy atom. The standard InChI is InChI=1S/C18H18O7/c1-2-15(19)24-8-6-4-3-5-7-11-9-13-14(10-12(11)16(20)21)18(23)25-17(13)22/h2,9-10H,1,3-8H2,(H,20,21). The third-order valence-corrected chi connectivity index (χ3v) is 3.85. The van der Waals surface area contributed by atoms with E-state index >= 15 is 0 Å². The highest BCUT2D eigenvalue weighted by Crippen LogP contribution is 2.25. The van der Waals surface area contributed by atoms with E-state index in [-0.39, 0.29) is 16.7 Å². The van der Waals surface area contributed by atoms with Crippen molar-refractivity contribution in [2.45, 2.75) is 32.1 Å². The minimum absolute atomic E-state index is 0.00446. The van der Waals surface area contributed by atoms with Gasteiger partial charge in [0.2, 0.25) is 0 Å². The zero-order valence-electron chi connectivity index (χ0n) is 13.6. The van der Waals surface area contributed by atoms with E-state index in [4.69, 9.17) is 4.74 Å². The van der Waals surface area contributed by atoms with Crippen LogP contribution in [0.1, 0.15) is 62.3 Å². The largest absolute Gasteiger partial charge is 0.478 e. The van der Waals surface area contributed by atoms with E-state index in [2.05, 4.69) is 11.3 Å². The van der Waals surface area contributed by atoms with Gasteiger partial charge in [-0.25, -0.2) is 19.2 Å². The van der Waals surface area contributed by atoms with Gasteiger partial charge in [-0.15, -0.1) is 0 Å². The number of fused-ring (bicyclic) bond motifs is 1. The van der Waals surface area contributed by atoms with E-state index in [9.17, 15) is 24.3 Å². The summed E-state index contributed by atoms with van der Waals surface area (Å²) >= 11 is 0. The van der Waals surface area contributed by atoms with Crippen molar-refractivity contribution in [1.82, 2.24) is 0 Å². The number of carboxylic acids is 1. The van der Waals surface area contributed by atoms with Gasteiger partial charge in [0.05, 0.1) is 23.3 Å². The molecule has 0 atom stereocenters. The van der Waals surface area contributed by atoms with Crippen LogP contribution in [0.15, 0.2) is 24.8 Å². The van der Waals surface area contributed by atoms with Crippen LogP contribution >= 0.6 is 0 Å². The van der Waals surface area contributed by atoms with Gasteiger partial charge in [0.25, 0.3) is 0 Å². The predicted molar refractivity (Wildman–Crippen MR) is 86.5 cm³/mol. The molecule has 0 saturated carbocycles. The van der Waals surface area contributed by atoms with Crippen LogP contribution < -0.4 is 0 Å². The van der Waals surface area contributed by atoms with Gasteiger partial charge in [-0.05, 0) is 37.0 Å². The van der Waals surface area contributed by atoms with Crippen LogP contribution in [0.3, 0.4) is 0 Å². The lowest BCUT2D eigenvalue weighted by Gasteiger charge is -2.08. The number of aryl methyl sites for hydroxylation is 1. The molecular formula is C18H18O7. The fraction of sp³-hybridized carbons (Fsp3) is 0.333. The summed E-state index contributed by atoms with van der Waals surface area (Å²) in [6.45, 7) is 3.62. The van der Waals surface area contributed by atoms with E-state index in [1.54, 1.807) is 0 Å². The molecule has 0 bridgehead atoms. The molecule has 1 aliphatic rings. The molecule has 25 heavy (non-hydrogen) atoms. The second kappa shape index (κ2) is 8.23. The van der Waals surface area contributed by atoms with Crippen LogP contribution in [-0.4, -0.2) is 35.6 Å². The fourth-order valence-corrected chi connectivity index (χ4v) is 2.59. The van der Waals surface area contributed by atoms with Crippen molar-refractivity contribution in [2.75, 3.05) is 6.61 Å². The van der Waals surface area contributed by atoms with Crippen LogP contribution in [0.2, 0.25) is 0 Å². The van der Waals surface area contributed by atoms with Crippen LogP contribution in [0.5, 0.6) is 0 Å². The summed E-state index contributed by atoms with van der Waals surface area (Å²) in [5.41, 5.74) is 0.609. The maximum atomic E-state index is 11.6. The smallest absolute Gasteiger partial charge is 0.346 e. The molecule has 1 aliphatic heterocycles. The number of rotatable bonds is 9. The first-order valence-corrected chi connectivity index (χ1v) is 7.90. The summed E-state index contributed by atoms with van der Waals surface area (Å²) < 4.78 is 9.36. The molecule has 7 heteroatoms. The topological polar surface area (TPSA) is 107 Å². The van der Waals surface area contributed by atoms with Gasteiger partial charge in [0.1, 0.15) is 0 Å². The minimum atomic E-state index is -1.15. The Kier molecular flexibility index (Phi) is 6.05. The number of benzene rings is 1. The molecule has 0 radical (unpaired) electrons. The highest BCUT2D eigenvalue weighted by Gasteiger charge is 2.31. The van der Waals surface area contributed by atoms with Crippen LogP contribution in [0.4, 0.5) is 0 Å². The number of hydrogen-bond acceptors (Lipinski definition) is 6. The third kappa shape index (κ3) is 4.53. The number of unbranched alkanes of at least 4 members (excludes halogenated alkanes) is 3. The van der Waals surface area contributed by atoms with Crippen molar-refractivity contribution in [3.8, 4) is 0 Å². The van der Waals surface area contributed by atoms with Crippen molar-refractivity contribution in [1.29, 1.82) is 0 Å². The number of hydrogen-bond donors (Lipinski definition) is 1. The summed E-state index contributed by atoms with van der Waals surface area (Å²) in [5.74, 6) is -3.17. The van der Waals surface area contributed by atoms with Gasteiger partial charge in [-0.3, -0.25) is 0 Å². The molecule has 132 valence electrons. The van der Waals surface area contributed by atoms with E-state index in [0.717, 1.165) is 18.9 Å². The minimum Gasteiger partial charge on any atom is -0.478 e. The number of ether oxygens (including phenoxy) is 2. The molecule has 1 aromatic carbocycles. The van der Waals surface area contributed by atoms with Crippen molar-refractivity contribution in [3.05, 3.63) is 47.0 Å². The van der Waals surface area contributed by atoms with Crippen LogP contribution in [0, 0.1) is 0 Å². The van der Waals surface area contributed by atoms with Crippen molar-refractivity contribution < 1.29 is 33.8 Å². The quantitative estimate of drug-likeness (QED) is 0.317.